The van der Waals surface area contributed by atoms with E-state index in [1.165, 1.54) is 19.2 Å². The van der Waals surface area contributed by atoms with Gasteiger partial charge >= 0.3 is 0 Å². The van der Waals surface area contributed by atoms with Gasteiger partial charge in [-0.1, -0.05) is 12.1 Å². The van der Waals surface area contributed by atoms with Crippen LogP contribution in [0.5, 0.6) is 23.0 Å². The summed E-state index contributed by atoms with van der Waals surface area (Å²) < 4.78 is 11.0. The second-order valence-electron chi connectivity index (χ2n) is 5.03. The normalized spacial score (nSPS) is 20.5. The second kappa shape index (κ2) is 5.18. The van der Waals surface area contributed by atoms with Crippen molar-refractivity contribution in [3.05, 3.63) is 47.5 Å². The summed E-state index contributed by atoms with van der Waals surface area (Å²) >= 11 is 0. The molecule has 0 amide bonds. The van der Waals surface area contributed by atoms with E-state index >= 15 is 0 Å². The standard InChI is InChI=1S/C16H16O5/c1-20-14-6-11(18)7-15-12(14)8-13(19)16(21-15)9-2-4-10(17)5-3-9/h2-7,13,16-19H,8H2,1H3/t13-,16+/m0/s1. The van der Waals surface area contributed by atoms with Crippen molar-refractivity contribution < 1.29 is 24.8 Å². The Morgan fingerprint density at radius 1 is 1.10 bits per heavy atom. The first-order valence-electron chi connectivity index (χ1n) is 6.62. The summed E-state index contributed by atoms with van der Waals surface area (Å²) in [6.07, 6.45) is -0.922. The van der Waals surface area contributed by atoms with Crippen molar-refractivity contribution in [1.29, 1.82) is 0 Å². The van der Waals surface area contributed by atoms with Crippen LogP contribution < -0.4 is 9.47 Å². The SMILES string of the molecule is COc1cc(O)cc2c1C[C@H](O)[C@@H](c1ccc(O)cc1)O2. The van der Waals surface area contributed by atoms with Crippen LogP contribution >= 0.6 is 0 Å². The third-order valence-corrected chi connectivity index (χ3v) is 3.61. The highest BCUT2D eigenvalue weighted by molar-refractivity contribution is 5.52. The smallest absolute Gasteiger partial charge is 0.150 e. The molecule has 3 N–H and O–H groups in total. The number of fused-ring (bicyclic) bond motifs is 1. The minimum atomic E-state index is -0.736. The molecule has 0 fully saturated rings. The maximum atomic E-state index is 10.3. The number of hydrogen-bond acceptors (Lipinski definition) is 5. The van der Waals surface area contributed by atoms with E-state index in [9.17, 15) is 15.3 Å². The van der Waals surface area contributed by atoms with Gasteiger partial charge in [0.15, 0.2) is 0 Å². The lowest BCUT2D eigenvalue weighted by Crippen LogP contribution is -2.30. The lowest BCUT2D eigenvalue weighted by atomic mass is 9.94. The van der Waals surface area contributed by atoms with Crippen LogP contribution in [0.2, 0.25) is 0 Å². The molecule has 1 aliphatic heterocycles. The fourth-order valence-corrected chi connectivity index (χ4v) is 2.58. The summed E-state index contributed by atoms with van der Waals surface area (Å²) in [5, 5.41) is 29.4. The van der Waals surface area contributed by atoms with E-state index < -0.39 is 12.2 Å². The molecule has 0 saturated carbocycles. The summed E-state index contributed by atoms with van der Waals surface area (Å²) in [4.78, 5) is 0. The first kappa shape index (κ1) is 13.6. The molecule has 21 heavy (non-hydrogen) atoms. The molecular formula is C16H16O5. The Labute approximate surface area is 122 Å². The number of benzene rings is 2. The number of phenolic OH excluding ortho intramolecular Hbond substituents is 2. The van der Waals surface area contributed by atoms with Crippen molar-refractivity contribution in [1.82, 2.24) is 0 Å². The lowest BCUT2D eigenvalue weighted by molar-refractivity contribution is 0.0198. The molecule has 2 aromatic carbocycles. The molecule has 0 radical (unpaired) electrons. The van der Waals surface area contributed by atoms with Crippen LogP contribution in [0.3, 0.4) is 0 Å². The van der Waals surface area contributed by atoms with Crippen LogP contribution in [-0.4, -0.2) is 28.5 Å². The summed E-state index contributed by atoms with van der Waals surface area (Å²) in [6, 6.07) is 9.50. The summed E-state index contributed by atoms with van der Waals surface area (Å²) in [5.74, 6) is 1.19. The zero-order valence-electron chi connectivity index (χ0n) is 11.5. The number of methoxy groups -OCH3 is 1. The number of ether oxygens (including phenoxy) is 2. The first-order valence-corrected chi connectivity index (χ1v) is 6.62. The van der Waals surface area contributed by atoms with E-state index in [1.54, 1.807) is 24.3 Å². The third-order valence-electron chi connectivity index (χ3n) is 3.61. The Balaban J connectivity index is 1.98. The van der Waals surface area contributed by atoms with Crippen LogP contribution in [0, 0.1) is 0 Å². The summed E-state index contributed by atoms with van der Waals surface area (Å²) in [7, 11) is 1.51. The second-order valence-corrected chi connectivity index (χ2v) is 5.03. The van der Waals surface area contributed by atoms with Gasteiger partial charge in [-0.3, -0.25) is 0 Å². The van der Waals surface area contributed by atoms with Gasteiger partial charge in [0, 0.05) is 24.1 Å². The number of aliphatic hydroxyl groups excluding tert-OH is 1. The molecule has 0 spiro atoms. The monoisotopic (exact) mass is 288 g/mol. The first-order chi connectivity index (χ1) is 10.1. The maximum Gasteiger partial charge on any atom is 0.150 e. The average molecular weight is 288 g/mol. The molecule has 0 aromatic heterocycles. The third kappa shape index (κ3) is 2.48. The average Bonchev–Trinajstić information content (AvgIpc) is 2.47. The molecule has 1 heterocycles. The fourth-order valence-electron chi connectivity index (χ4n) is 2.58. The van der Waals surface area contributed by atoms with E-state index in [2.05, 4.69) is 0 Å². The predicted molar refractivity (Wildman–Crippen MR) is 75.8 cm³/mol. The van der Waals surface area contributed by atoms with Crippen molar-refractivity contribution in [2.75, 3.05) is 7.11 Å². The van der Waals surface area contributed by atoms with Gasteiger partial charge in [0.2, 0.25) is 0 Å². The molecule has 2 aromatic rings. The van der Waals surface area contributed by atoms with Crippen LogP contribution in [0.1, 0.15) is 17.2 Å². The molecule has 110 valence electrons. The molecule has 0 saturated heterocycles. The van der Waals surface area contributed by atoms with Gasteiger partial charge in [-0.2, -0.15) is 0 Å². The Bertz CT molecular complexity index is 650. The van der Waals surface area contributed by atoms with Crippen molar-refractivity contribution in [3.63, 3.8) is 0 Å². The topological polar surface area (TPSA) is 79.2 Å². The van der Waals surface area contributed by atoms with Gasteiger partial charge < -0.3 is 24.8 Å². The molecule has 5 nitrogen and oxygen atoms in total. The highest BCUT2D eigenvalue weighted by atomic mass is 16.5. The summed E-state index contributed by atoms with van der Waals surface area (Å²) in [6.45, 7) is 0. The quantitative estimate of drug-likeness (QED) is 0.789. The molecule has 5 heteroatoms. The minimum Gasteiger partial charge on any atom is -0.508 e. The lowest BCUT2D eigenvalue weighted by Gasteiger charge is -2.31. The van der Waals surface area contributed by atoms with E-state index in [0.29, 0.717) is 17.9 Å². The van der Waals surface area contributed by atoms with Crippen LogP contribution in [-0.2, 0) is 6.42 Å². The van der Waals surface area contributed by atoms with Crippen molar-refractivity contribution in [3.8, 4) is 23.0 Å². The molecule has 0 bridgehead atoms. The molecule has 1 aliphatic rings. The fraction of sp³-hybridized carbons (Fsp3) is 0.250. The molecule has 0 aliphatic carbocycles. The molecule has 0 unspecified atom stereocenters. The Hall–Kier alpha value is -2.40. The number of phenols is 2. The van der Waals surface area contributed by atoms with Crippen LogP contribution in [0.25, 0.3) is 0 Å². The van der Waals surface area contributed by atoms with Crippen molar-refractivity contribution in [2.24, 2.45) is 0 Å². The zero-order valence-corrected chi connectivity index (χ0v) is 11.5. The maximum absolute atomic E-state index is 10.3. The zero-order chi connectivity index (χ0) is 15.0. The van der Waals surface area contributed by atoms with E-state index in [-0.39, 0.29) is 11.5 Å². The van der Waals surface area contributed by atoms with Crippen LogP contribution in [0.15, 0.2) is 36.4 Å². The van der Waals surface area contributed by atoms with E-state index in [1.807, 2.05) is 0 Å². The largest absolute Gasteiger partial charge is 0.508 e. The van der Waals surface area contributed by atoms with Gasteiger partial charge in [0.1, 0.15) is 29.1 Å². The summed E-state index contributed by atoms with van der Waals surface area (Å²) in [5.41, 5.74) is 1.49. The van der Waals surface area contributed by atoms with Crippen LogP contribution in [0.4, 0.5) is 0 Å². The molecule has 3 rings (SSSR count). The predicted octanol–water partition coefficient (Wildman–Crippen LogP) is 2.14. The van der Waals surface area contributed by atoms with Gasteiger partial charge in [-0.05, 0) is 17.7 Å². The number of hydrogen-bond donors (Lipinski definition) is 3. The number of aromatic hydroxyl groups is 2. The highest BCUT2D eigenvalue weighted by Gasteiger charge is 2.32. The van der Waals surface area contributed by atoms with Crippen molar-refractivity contribution in [2.45, 2.75) is 18.6 Å². The number of aliphatic hydroxyl groups is 1. The highest BCUT2D eigenvalue weighted by Crippen LogP contribution is 2.42. The van der Waals surface area contributed by atoms with E-state index in [0.717, 1.165) is 11.1 Å². The number of rotatable bonds is 2. The van der Waals surface area contributed by atoms with E-state index in [4.69, 9.17) is 9.47 Å². The Kier molecular flexibility index (Phi) is 3.35. The Morgan fingerprint density at radius 2 is 1.81 bits per heavy atom. The van der Waals surface area contributed by atoms with Gasteiger partial charge in [-0.25, -0.2) is 0 Å². The van der Waals surface area contributed by atoms with Gasteiger partial charge in [0.25, 0.3) is 0 Å². The Morgan fingerprint density at radius 3 is 2.48 bits per heavy atom. The minimum absolute atomic E-state index is 0.0476. The van der Waals surface area contributed by atoms with Gasteiger partial charge in [0.05, 0.1) is 13.2 Å². The van der Waals surface area contributed by atoms with Crippen molar-refractivity contribution >= 4 is 0 Å². The molecule has 2 atom stereocenters. The molecular weight excluding hydrogens is 272 g/mol. The van der Waals surface area contributed by atoms with Gasteiger partial charge in [-0.15, -0.1) is 0 Å².